The highest BCUT2D eigenvalue weighted by atomic mass is 15.1. The maximum atomic E-state index is 2.51. The lowest BCUT2D eigenvalue weighted by atomic mass is 9.93. The molecule has 0 unspecified atom stereocenters. The number of para-hydroxylation sites is 1. The first-order valence-electron chi connectivity index (χ1n) is 23.0. The van der Waals surface area contributed by atoms with Crippen molar-refractivity contribution in [2.45, 2.75) is 12.8 Å². The van der Waals surface area contributed by atoms with E-state index in [0.717, 1.165) is 35.5 Å². The van der Waals surface area contributed by atoms with E-state index >= 15 is 0 Å². The zero-order chi connectivity index (χ0) is 43.8. The van der Waals surface area contributed by atoms with Crippen LogP contribution in [0.3, 0.4) is 0 Å². The molecule has 66 heavy (non-hydrogen) atoms. The van der Waals surface area contributed by atoms with E-state index in [4.69, 9.17) is 0 Å². The van der Waals surface area contributed by atoms with Gasteiger partial charge in [0.05, 0.1) is 5.52 Å². The summed E-state index contributed by atoms with van der Waals surface area (Å²) in [4.78, 5) is 2.39. The van der Waals surface area contributed by atoms with Crippen LogP contribution >= 0.6 is 0 Å². The monoisotopic (exact) mass is 842 g/mol. The summed E-state index contributed by atoms with van der Waals surface area (Å²) in [7, 11) is 0. The van der Waals surface area contributed by atoms with Gasteiger partial charge in [-0.3, -0.25) is 0 Å². The lowest BCUT2D eigenvalue weighted by Crippen LogP contribution is -2.10. The van der Waals surface area contributed by atoms with Crippen LogP contribution in [-0.2, 0) is 6.42 Å². The van der Waals surface area contributed by atoms with Crippen molar-refractivity contribution < 1.29 is 0 Å². The van der Waals surface area contributed by atoms with Crippen LogP contribution in [0.1, 0.15) is 17.7 Å². The van der Waals surface area contributed by atoms with Crippen molar-refractivity contribution >= 4 is 44.8 Å². The summed E-state index contributed by atoms with van der Waals surface area (Å²) >= 11 is 0. The van der Waals surface area contributed by atoms with Crippen LogP contribution < -0.4 is 4.90 Å². The molecule has 2 nitrogen and oxygen atoms in total. The molecule has 12 rings (SSSR count). The Balaban J connectivity index is 1.01. The molecule has 1 heterocycles. The van der Waals surface area contributed by atoms with Crippen molar-refractivity contribution in [3.8, 4) is 61.3 Å². The fourth-order valence-electron chi connectivity index (χ4n) is 9.99. The van der Waals surface area contributed by atoms with Gasteiger partial charge < -0.3 is 9.47 Å². The van der Waals surface area contributed by atoms with Gasteiger partial charge in [-0.1, -0.05) is 188 Å². The normalized spacial score (nSPS) is 12.1. The molecule has 312 valence electrons. The summed E-state index contributed by atoms with van der Waals surface area (Å²) in [6, 6.07) is 88.7. The molecule has 11 aromatic rings. The van der Waals surface area contributed by atoms with Crippen molar-refractivity contribution in [3.63, 3.8) is 0 Å². The Morgan fingerprint density at radius 2 is 0.879 bits per heavy atom. The van der Waals surface area contributed by atoms with E-state index < -0.39 is 0 Å². The second-order valence-electron chi connectivity index (χ2n) is 17.2. The summed E-state index contributed by atoms with van der Waals surface area (Å²) in [5.41, 5.74) is 20.3. The summed E-state index contributed by atoms with van der Waals surface area (Å²) < 4.78 is 2.51. The van der Waals surface area contributed by atoms with E-state index in [0.29, 0.717) is 0 Å². The predicted molar refractivity (Wildman–Crippen MR) is 280 cm³/mol. The van der Waals surface area contributed by atoms with Gasteiger partial charge in [-0.15, -0.1) is 0 Å². The third kappa shape index (κ3) is 7.29. The SMILES string of the molecule is C1=Cc2c(n(-c3cc(-c4ccc(N(c5ccc(-c6ccccc6)cc5)c5ccc(-c6ccccc6)c(-c6ccccc6)c5)cc4)cc(-c4ccc5ccccc5c4)c3)c3ccccc23)CC1. The minimum atomic E-state index is 1.01. The summed E-state index contributed by atoms with van der Waals surface area (Å²) in [5.74, 6) is 0. The molecule has 10 aromatic carbocycles. The highest BCUT2D eigenvalue weighted by Crippen LogP contribution is 2.43. The Morgan fingerprint density at radius 1 is 0.348 bits per heavy atom. The molecule has 1 aromatic heterocycles. The number of benzene rings is 10. The summed E-state index contributed by atoms with van der Waals surface area (Å²) in [6.45, 7) is 0. The van der Waals surface area contributed by atoms with Crippen LogP contribution in [0.2, 0.25) is 0 Å². The molecule has 0 radical (unpaired) electrons. The first-order valence-corrected chi connectivity index (χ1v) is 23.0. The molecule has 0 saturated heterocycles. The van der Waals surface area contributed by atoms with Gasteiger partial charge >= 0.3 is 0 Å². The number of rotatable bonds is 9. The molecule has 0 atom stereocenters. The van der Waals surface area contributed by atoms with E-state index in [1.165, 1.54) is 88.7 Å². The lowest BCUT2D eigenvalue weighted by Gasteiger charge is -2.27. The molecular weight excluding hydrogens is 797 g/mol. The molecule has 2 heteroatoms. The van der Waals surface area contributed by atoms with Gasteiger partial charge in [0.2, 0.25) is 0 Å². The summed E-state index contributed by atoms with van der Waals surface area (Å²) in [6.07, 6.45) is 6.68. The van der Waals surface area contributed by atoms with Gasteiger partial charge in [-0.25, -0.2) is 0 Å². The quantitative estimate of drug-likeness (QED) is 0.141. The molecule has 0 aliphatic heterocycles. The fraction of sp³-hybridized carbons (Fsp3) is 0.0312. The number of fused-ring (bicyclic) bond motifs is 4. The number of hydrogen-bond donors (Lipinski definition) is 0. The molecule has 1 aliphatic rings. The molecule has 0 N–H and O–H groups in total. The van der Waals surface area contributed by atoms with Crippen molar-refractivity contribution in [2.75, 3.05) is 4.90 Å². The minimum Gasteiger partial charge on any atom is -0.313 e. The Hall–Kier alpha value is -8.46. The van der Waals surface area contributed by atoms with Crippen LogP contribution in [0.15, 0.2) is 249 Å². The Kier molecular flexibility index (Phi) is 10.0. The van der Waals surface area contributed by atoms with E-state index in [2.05, 4.69) is 264 Å². The predicted octanol–water partition coefficient (Wildman–Crippen LogP) is 17.5. The van der Waals surface area contributed by atoms with E-state index in [1.54, 1.807) is 0 Å². The van der Waals surface area contributed by atoms with E-state index in [-0.39, 0.29) is 0 Å². The molecule has 0 amide bonds. The van der Waals surface area contributed by atoms with Gasteiger partial charge in [0.15, 0.2) is 0 Å². The Labute approximate surface area is 386 Å². The molecule has 1 aliphatic carbocycles. The zero-order valence-corrected chi connectivity index (χ0v) is 36.6. The highest BCUT2D eigenvalue weighted by Gasteiger charge is 2.21. The second-order valence-corrected chi connectivity index (χ2v) is 17.2. The van der Waals surface area contributed by atoms with Crippen molar-refractivity contribution in [1.29, 1.82) is 0 Å². The van der Waals surface area contributed by atoms with Gasteiger partial charge in [-0.05, 0) is 146 Å². The van der Waals surface area contributed by atoms with Gasteiger partial charge in [0, 0.05) is 39.4 Å². The first kappa shape index (κ1) is 39.2. The Morgan fingerprint density at radius 3 is 1.58 bits per heavy atom. The topological polar surface area (TPSA) is 8.17 Å². The van der Waals surface area contributed by atoms with Crippen molar-refractivity contribution in [1.82, 2.24) is 4.57 Å². The number of nitrogens with zero attached hydrogens (tertiary/aromatic N) is 2. The summed E-state index contributed by atoms with van der Waals surface area (Å²) in [5, 5.41) is 3.79. The molecule has 0 saturated carbocycles. The lowest BCUT2D eigenvalue weighted by molar-refractivity contribution is 0.889. The third-order valence-corrected chi connectivity index (χ3v) is 13.2. The largest absolute Gasteiger partial charge is 0.313 e. The average Bonchev–Trinajstić information content (AvgIpc) is 3.74. The van der Waals surface area contributed by atoms with E-state index in [9.17, 15) is 0 Å². The number of anilines is 3. The van der Waals surface area contributed by atoms with E-state index in [1.807, 2.05) is 0 Å². The molecule has 0 fully saturated rings. The number of aromatic nitrogens is 1. The number of hydrogen-bond acceptors (Lipinski definition) is 1. The standard InChI is InChI=1S/C64H46N2/c1-4-16-45(17-5-1)47-30-34-55(35-31-47)65(57-38-39-59(49-19-6-2-7-20-49)62(44-57)50-21-8-3-9-22-50)56-36-32-48(33-37-56)53-41-54(52-29-28-46-18-10-11-23-51(46)40-52)43-58(42-53)66-63-26-14-12-24-60(63)61-25-13-15-27-64(61)66/h1-14,16-26,28-44H,15,27H2. The van der Waals surface area contributed by atoms with Crippen LogP contribution in [0.4, 0.5) is 17.1 Å². The maximum Gasteiger partial charge on any atom is 0.0537 e. The van der Waals surface area contributed by atoms with Crippen molar-refractivity contribution in [2.24, 2.45) is 0 Å². The maximum absolute atomic E-state index is 2.51. The number of allylic oxidation sites excluding steroid dienone is 1. The Bertz CT molecular complexity index is 3550. The van der Waals surface area contributed by atoms with Crippen molar-refractivity contribution in [3.05, 3.63) is 260 Å². The second kappa shape index (κ2) is 16.9. The fourth-order valence-corrected chi connectivity index (χ4v) is 9.99. The van der Waals surface area contributed by atoms with Crippen LogP contribution in [-0.4, -0.2) is 4.57 Å². The average molecular weight is 843 g/mol. The van der Waals surface area contributed by atoms with Gasteiger partial charge in [0.1, 0.15) is 0 Å². The van der Waals surface area contributed by atoms with Crippen LogP contribution in [0, 0.1) is 0 Å². The minimum absolute atomic E-state index is 1.01. The molecule has 0 bridgehead atoms. The highest BCUT2D eigenvalue weighted by molar-refractivity contribution is 5.95. The van der Waals surface area contributed by atoms with Gasteiger partial charge in [-0.2, -0.15) is 0 Å². The van der Waals surface area contributed by atoms with Gasteiger partial charge in [0.25, 0.3) is 0 Å². The third-order valence-electron chi connectivity index (χ3n) is 13.2. The molecule has 0 spiro atoms. The smallest absolute Gasteiger partial charge is 0.0537 e. The van der Waals surface area contributed by atoms with Crippen LogP contribution in [0.25, 0.3) is 89.1 Å². The zero-order valence-electron chi connectivity index (χ0n) is 36.6. The first-order chi connectivity index (χ1) is 32.7. The van der Waals surface area contributed by atoms with Crippen LogP contribution in [0.5, 0.6) is 0 Å². The molecular formula is C64H46N2.